The molecule has 0 heterocycles. The van der Waals surface area contributed by atoms with Crippen LogP contribution in [-0.2, 0) is 0 Å². The minimum atomic E-state index is 0.542. The van der Waals surface area contributed by atoms with E-state index >= 15 is 0 Å². The summed E-state index contributed by atoms with van der Waals surface area (Å²) in [7, 11) is 0. The molecule has 2 bridgehead atoms. The van der Waals surface area contributed by atoms with Crippen LogP contribution in [0.4, 0.5) is 0 Å². The predicted molar refractivity (Wildman–Crippen MR) is 56.8 cm³/mol. The van der Waals surface area contributed by atoms with Crippen LogP contribution in [0.25, 0.3) is 0 Å². The number of aryl methyl sites for hydroxylation is 1. The molecule has 74 valence electrons. The molecule has 1 aromatic carbocycles. The lowest BCUT2D eigenvalue weighted by Gasteiger charge is -2.39. The van der Waals surface area contributed by atoms with Gasteiger partial charge < -0.3 is 5.11 Å². The van der Waals surface area contributed by atoms with Crippen molar-refractivity contribution in [1.29, 1.82) is 0 Å². The first kappa shape index (κ1) is 8.34. The minimum absolute atomic E-state index is 0.542. The molecule has 0 aromatic heterocycles. The molecule has 1 saturated carbocycles. The van der Waals surface area contributed by atoms with Gasteiger partial charge in [-0.25, -0.2) is 0 Å². The summed E-state index contributed by atoms with van der Waals surface area (Å²) in [5.74, 6) is 1.93. The van der Waals surface area contributed by atoms with E-state index in [0.29, 0.717) is 11.7 Å². The second-order valence-electron chi connectivity index (χ2n) is 4.78. The molecule has 1 fully saturated rings. The van der Waals surface area contributed by atoms with Crippen LogP contribution in [0, 0.1) is 6.92 Å². The Morgan fingerprint density at radius 2 is 1.57 bits per heavy atom. The maximum atomic E-state index is 9.90. The molecule has 1 aromatic rings. The Balaban J connectivity index is 2.27. The lowest BCUT2D eigenvalue weighted by molar-refractivity contribution is 0.342. The summed E-state index contributed by atoms with van der Waals surface area (Å²) >= 11 is 0. The summed E-state index contributed by atoms with van der Waals surface area (Å²) in [5.41, 5.74) is 4.15. The highest BCUT2D eigenvalue weighted by Crippen LogP contribution is 2.52. The molecule has 14 heavy (non-hydrogen) atoms. The van der Waals surface area contributed by atoms with Crippen molar-refractivity contribution in [2.45, 2.75) is 44.4 Å². The minimum Gasteiger partial charge on any atom is -0.508 e. The molecule has 4 rings (SSSR count). The maximum absolute atomic E-state index is 9.90. The van der Waals surface area contributed by atoms with Gasteiger partial charge in [-0.1, -0.05) is 6.07 Å². The van der Waals surface area contributed by atoms with Crippen molar-refractivity contribution in [2.75, 3.05) is 0 Å². The van der Waals surface area contributed by atoms with E-state index < -0.39 is 0 Å². The fourth-order valence-electron chi connectivity index (χ4n) is 3.38. The summed E-state index contributed by atoms with van der Waals surface area (Å²) in [6, 6.07) is 3.93. The van der Waals surface area contributed by atoms with Crippen LogP contribution in [0.3, 0.4) is 0 Å². The van der Waals surface area contributed by atoms with Crippen molar-refractivity contribution in [3.05, 3.63) is 28.8 Å². The summed E-state index contributed by atoms with van der Waals surface area (Å²) in [4.78, 5) is 0. The van der Waals surface area contributed by atoms with Gasteiger partial charge in [-0.2, -0.15) is 0 Å². The van der Waals surface area contributed by atoms with Crippen LogP contribution in [0.1, 0.15) is 54.2 Å². The van der Waals surface area contributed by atoms with E-state index in [4.69, 9.17) is 0 Å². The van der Waals surface area contributed by atoms with E-state index in [9.17, 15) is 5.11 Å². The highest BCUT2D eigenvalue weighted by atomic mass is 16.3. The van der Waals surface area contributed by atoms with Crippen LogP contribution in [0.2, 0.25) is 0 Å². The van der Waals surface area contributed by atoms with E-state index in [0.717, 1.165) is 5.92 Å². The fraction of sp³-hybridized carbons (Fsp3) is 0.538. The van der Waals surface area contributed by atoms with E-state index in [1.807, 2.05) is 6.07 Å². The molecular weight excluding hydrogens is 172 g/mol. The molecule has 0 radical (unpaired) electrons. The third kappa shape index (κ3) is 0.956. The largest absolute Gasteiger partial charge is 0.508 e. The molecule has 1 heteroatoms. The molecule has 0 spiro atoms. The zero-order chi connectivity index (χ0) is 9.71. The number of phenolic OH excluding ortho intramolecular Hbond substituents is 1. The van der Waals surface area contributed by atoms with E-state index in [-0.39, 0.29) is 0 Å². The summed E-state index contributed by atoms with van der Waals surface area (Å²) in [6.07, 6.45) is 5.24. The van der Waals surface area contributed by atoms with E-state index in [1.165, 1.54) is 42.4 Å². The molecule has 0 aliphatic heterocycles. The Morgan fingerprint density at radius 3 is 2.14 bits per heavy atom. The highest BCUT2D eigenvalue weighted by molar-refractivity contribution is 5.50. The van der Waals surface area contributed by atoms with Crippen molar-refractivity contribution in [2.24, 2.45) is 0 Å². The van der Waals surface area contributed by atoms with Gasteiger partial charge in [-0.3, -0.25) is 0 Å². The number of fused-ring (bicyclic) bond motifs is 2. The Hall–Kier alpha value is -0.980. The molecule has 1 nitrogen and oxygen atoms in total. The zero-order valence-corrected chi connectivity index (χ0v) is 8.59. The van der Waals surface area contributed by atoms with Crippen molar-refractivity contribution < 1.29 is 5.11 Å². The number of rotatable bonds is 0. The topological polar surface area (TPSA) is 20.2 Å². The van der Waals surface area contributed by atoms with Crippen LogP contribution in [-0.4, -0.2) is 5.11 Å². The Morgan fingerprint density at radius 1 is 1.00 bits per heavy atom. The van der Waals surface area contributed by atoms with Crippen LogP contribution in [0.5, 0.6) is 5.75 Å². The van der Waals surface area contributed by atoms with Gasteiger partial charge in [0.1, 0.15) is 5.75 Å². The molecule has 0 unspecified atom stereocenters. The molecule has 0 atom stereocenters. The van der Waals surface area contributed by atoms with Gasteiger partial charge in [0.2, 0.25) is 0 Å². The average molecular weight is 188 g/mol. The zero-order valence-electron chi connectivity index (χ0n) is 8.59. The second kappa shape index (κ2) is 2.75. The lowest BCUT2D eigenvalue weighted by atomic mass is 9.65. The molecule has 0 saturated heterocycles. The number of hydrogen-bond acceptors (Lipinski definition) is 1. The van der Waals surface area contributed by atoms with Crippen molar-refractivity contribution in [3.8, 4) is 5.75 Å². The number of phenols is 1. The van der Waals surface area contributed by atoms with Gasteiger partial charge in [0.25, 0.3) is 0 Å². The van der Waals surface area contributed by atoms with Gasteiger partial charge in [0.15, 0.2) is 0 Å². The average Bonchev–Trinajstić information content (AvgIpc) is 2.25. The fourth-order valence-corrected chi connectivity index (χ4v) is 3.38. The Bertz CT molecular complexity index is 336. The van der Waals surface area contributed by atoms with Crippen LogP contribution in [0.15, 0.2) is 12.1 Å². The molecule has 0 amide bonds. The van der Waals surface area contributed by atoms with Crippen LogP contribution >= 0.6 is 0 Å². The van der Waals surface area contributed by atoms with Crippen molar-refractivity contribution in [1.82, 2.24) is 0 Å². The molecule has 1 N–H and O–H groups in total. The maximum Gasteiger partial charge on any atom is 0.119 e. The first-order chi connectivity index (χ1) is 6.77. The van der Waals surface area contributed by atoms with Crippen molar-refractivity contribution >= 4 is 0 Å². The number of aromatic hydroxyl groups is 1. The Labute approximate surface area is 84.8 Å². The number of benzene rings is 1. The Kier molecular flexibility index (Phi) is 1.64. The molecular formula is C13H16O. The van der Waals surface area contributed by atoms with Gasteiger partial charge in [-0.05, 0) is 61.6 Å². The standard InChI is InChI=1S/C13H16O/c1-8-2-7-11(14)13-10-5-3-9(4-6-10)12(8)13/h2,7,9-10,14H,3-6H2,1H3. The normalized spacial score (nSPS) is 28.9. The second-order valence-corrected chi connectivity index (χ2v) is 4.78. The quantitative estimate of drug-likeness (QED) is 0.661. The highest BCUT2D eigenvalue weighted by Gasteiger charge is 2.35. The monoisotopic (exact) mass is 188 g/mol. The smallest absolute Gasteiger partial charge is 0.119 e. The van der Waals surface area contributed by atoms with Crippen molar-refractivity contribution in [3.63, 3.8) is 0 Å². The first-order valence-corrected chi connectivity index (χ1v) is 5.59. The van der Waals surface area contributed by atoms with E-state index in [2.05, 4.69) is 13.0 Å². The SMILES string of the molecule is Cc1ccc(O)c2c1C1CCC2CC1. The summed E-state index contributed by atoms with van der Waals surface area (Å²) in [6.45, 7) is 2.18. The summed E-state index contributed by atoms with van der Waals surface area (Å²) < 4.78 is 0. The lowest BCUT2D eigenvalue weighted by Crippen LogP contribution is -2.22. The third-order valence-electron chi connectivity index (χ3n) is 4.03. The van der Waals surface area contributed by atoms with Gasteiger partial charge in [0, 0.05) is 5.56 Å². The van der Waals surface area contributed by atoms with Gasteiger partial charge in [-0.15, -0.1) is 0 Å². The number of hydrogen-bond donors (Lipinski definition) is 1. The van der Waals surface area contributed by atoms with E-state index in [1.54, 1.807) is 0 Å². The molecule has 3 aliphatic rings. The van der Waals surface area contributed by atoms with Gasteiger partial charge in [0.05, 0.1) is 0 Å². The predicted octanol–water partition coefficient (Wildman–Crippen LogP) is 3.46. The molecule has 3 aliphatic carbocycles. The van der Waals surface area contributed by atoms with Crippen LogP contribution < -0.4 is 0 Å². The summed E-state index contributed by atoms with van der Waals surface area (Å²) in [5, 5.41) is 9.90. The van der Waals surface area contributed by atoms with Gasteiger partial charge >= 0.3 is 0 Å². The first-order valence-electron chi connectivity index (χ1n) is 5.59. The third-order valence-corrected chi connectivity index (χ3v) is 4.03.